The third-order valence-electron chi connectivity index (χ3n) is 3.52. The predicted octanol–water partition coefficient (Wildman–Crippen LogP) is 4.09. The second kappa shape index (κ2) is 7.52. The van der Waals surface area contributed by atoms with Gasteiger partial charge >= 0.3 is 12.2 Å². The van der Waals surface area contributed by atoms with Gasteiger partial charge < -0.3 is 15.7 Å². The van der Waals surface area contributed by atoms with Gasteiger partial charge in [0.05, 0.1) is 23.4 Å². The Balaban J connectivity index is 2.04. The normalized spacial score (nSPS) is 13.8. The Morgan fingerprint density at radius 2 is 1.68 bits per heavy atom. The fourth-order valence-electron chi connectivity index (χ4n) is 2.23. The molecule has 0 aliphatic heterocycles. The van der Waals surface area contributed by atoms with Crippen LogP contribution in [-0.2, 0) is 6.18 Å². The van der Waals surface area contributed by atoms with Gasteiger partial charge in [-0.3, -0.25) is 0 Å². The SMILES string of the molecule is CC(NC(=O)Nc1ccccc1C(F)(F)F)C(O)c1ccc(F)cc1. The number of hydrogen-bond acceptors (Lipinski definition) is 2. The number of halogens is 4. The summed E-state index contributed by atoms with van der Waals surface area (Å²) in [6.45, 7) is 1.48. The van der Waals surface area contributed by atoms with Crippen LogP contribution in [0.1, 0.15) is 24.2 Å². The number of urea groups is 1. The van der Waals surface area contributed by atoms with E-state index in [0.29, 0.717) is 5.56 Å². The summed E-state index contributed by atoms with van der Waals surface area (Å²) < 4.78 is 51.6. The number of rotatable bonds is 4. The van der Waals surface area contributed by atoms with Crippen LogP contribution in [0.4, 0.5) is 28.0 Å². The maximum atomic E-state index is 12.9. The van der Waals surface area contributed by atoms with Gasteiger partial charge in [-0.2, -0.15) is 13.2 Å². The quantitative estimate of drug-likeness (QED) is 0.723. The van der Waals surface area contributed by atoms with Crippen molar-refractivity contribution in [3.05, 3.63) is 65.5 Å². The van der Waals surface area contributed by atoms with Gasteiger partial charge in [-0.15, -0.1) is 0 Å². The molecule has 2 amide bonds. The number of carbonyl (C=O) groups excluding carboxylic acids is 1. The molecule has 2 aromatic rings. The number of alkyl halides is 3. The van der Waals surface area contributed by atoms with Crippen molar-refractivity contribution in [2.24, 2.45) is 0 Å². The topological polar surface area (TPSA) is 61.4 Å². The lowest BCUT2D eigenvalue weighted by molar-refractivity contribution is -0.136. The molecule has 0 fully saturated rings. The second-order valence-corrected chi connectivity index (χ2v) is 5.43. The highest BCUT2D eigenvalue weighted by molar-refractivity contribution is 5.90. The number of hydrogen-bond donors (Lipinski definition) is 3. The lowest BCUT2D eigenvalue weighted by Crippen LogP contribution is -2.40. The molecule has 25 heavy (non-hydrogen) atoms. The standard InChI is InChI=1S/C17H16F4N2O2/c1-10(15(24)11-6-8-12(18)9-7-11)22-16(25)23-14-5-3-2-4-13(14)17(19,20)21/h2-10,15,24H,1H3,(H2,22,23,25). The van der Waals surface area contributed by atoms with Crippen molar-refractivity contribution in [2.45, 2.75) is 25.2 Å². The number of amides is 2. The van der Waals surface area contributed by atoms with Crippen molar-refractivity contribution in [3.8, 4) is 0 Å². The zero-order valence-electron chi connectivity index (χ0n) is 13.1. The number of aliphatic hydroxyl groups is 1. The second-order valence-electron chi connectivity index (χ2n) is 5.43. The molecule has 2 atom stereocenters. The summed E-state index contributed by atoms with van der Waals surface area (Å²) in [6, 6.07) is 7.87. The number of para-hydroxylation sites is 1. The molecule has 3 N–H and O–H groups in total. The Labute approximate surface area is 141 Å². The minimum Gasteiger partial charge on any atom is -0.386 e. The van der Waals surface area contributed by atoms with Crippen LogP contribution in [0.15, 0.2) is 48.5 Å². The molecule has 0 saturated carbocycles. The number of benzene rings is 2. The van der Waals surface area contributed by atoms with Crippen LogP contribution in [0.25, 0.3) is 0 Å². The Hall–Kier alpha value is -2.61. The largest absolute Gasteiger partial charge is 0.418 e. The first kappa shape index (κ1) is 18.7. The van der Waals surface area contributed by atoms with E-state index in [4.69, 9.17) is 0 Å². The summed E-state index contributed by atoms with van der Waals surface area (Å²) in [5, 5.41) is 14.6. The maximum Gasteiger partial charge on any atom is 0.418 e. The smallest absolute Gasteiger partial charge is 0.386 e. The van der Waals surface area contributed by atoms with E-state index in [2.05, 4.69) is 10.6 Å². The first-order valence-electron chi connectivity index (χ1n) is 7.36. The number of nitrogens with one attached hydrogen (secondary N) is 2. The summed E-state index contributed by atoms with van der Waals surface area (Å²) in [7, 11) is 0. The minimum absolute atomic E-state index is 0.366. The lowest BCUT2D eigenvalue weighted by atomic mass is 10.0. The molecule has 134 valence electrons. The van der Waals surface area contributed by atoms with E-state index in [-0.39, 0.29) is 0 Å². The third-order valence-corrected chi connectivity index (χ3v) is 3.52. The van der Waals surface area contributed by atoms with Gasteiger partial charge in [-0.1, -0.05) is 24.3 Å². The fraction of sp³-hybridized carbons (Fsp3) is 0.235. The molecule has 0 bridgehead atoms. The zero-order chi connectivity index (χ0) is 18.6. The molecule has 0 aliphatic rings. The highest BCUT2D eigenvalue weighted by atomic mass is 19.4. The molecule has 2 unspecified atom stereocenters. The molecule has 2 aromatic carbocycles. The Morgan fingerprint density at radius 1 is 1.08 bits per heavy atom. The van der Waals surface area contributed by atoms with E-state index in [1.807, 2.05) is 0 Å². The van der Waals surface area contributed by atoms with Crippen molar-refractivity contribution in [2.75, 3.05) is 5.32 Å². The molecule has 0 aromatic heterocycles. The fourth-order valence-corrected chi connectivity index (χ4v) is 2.23. The molecule has 0 saturated heterocycles. The van der Waals surface area contributed by atoms with Crippen LogP contribution in [0.3, 0.4) is 0 Å². The summed E-state index contributed by atoms with van der Waals surface area (Å²) in [5.74, 6) is -0.474. The van der Waals surface area contributed by atoms with E-state index in [1.165, 1.54) is 31.2 Å². The molecule has 4 nitrogen and oxygen atoms in total. The molecule has 0 spiro atoms. The minimum atomic E-state index is -4.61. The number of carbonyl (C=O) groups is 1. The number of anilines is 1. The Bertz CT molecular complexity index is 732. The summed E-state index contributed by atoms with van der Waals surface area (Å²) in [6.07, 6.45) is -5.76. The van der Waals surface area contributed by atoms with Crippen molar-refractivity contribution < 1.29 is 27.5 Å². The monoisotopic (exact) mass is 356 g/mol. The van der Waals surface area contributed by atoms with Crippen LogP contribution in [0.5, 0.6) is 0 Å². The van der Waals surface area contributed by atoms with Crippen molar-refractivity contribution in [3.63, 3.8) is 0 Å². The van der Waals surface area contributed by atoms with E-state index < -0.39 is 41.4 Å². The van der Waals surface area contributed by atoms with Gasteiger partial charge in [0.15, 0.2) is 0 Å². The van der Waals surface area contributed by atoms with E-state index in [1.54, 1.807) is 0 Å². The van der Waals surface area contributed by atoms with Crippen LogP contribution in [0, 0.1) is 5.82 Å². The highest BCUT2D eigenvalue weighted by Gasteiger charge is 2.33. The molecule has 0 heterocycles. The first-order chi connectivity index (χ1) is 11.7. The van der Waals surface area contributed by atoms with Gasteiger partial charge in [0.2, 0.25) is 0 Å². The zero-order valence-corrected chi connectivity index (χ0v) is 13.1. The van der Waals surface area contributed by atoms with E-state index in [9.17, 15) is 27.5 Å². The summed E-state index contributed by atoms with van der Waals surface area (Å²) in [5.41, 5.74) is -1.00. The molecule has 0 aliphatic carbocycles. The van der Waals surface area contributed by atoms with Gasteiger partial charge in [0, 0.05) is 0 Å². The molecular weight excluding hydrogens is 340 g/mol. The van der Waals surface area contributed by atoms with Crippen LogP contribution >= 0.6 is 0 Å². The third kappa shape index (κ3) is 4.93. The van der Waals surface area contributed by atoms with Crippen LogP contribution < -0.4 is 10.6 Å². The average Bonchev–Trinajstić information content (AvgIpc) is 2.54. The average molecular weight is 356 g/mol. The molecule has 8 heteroatoms. The molecule has 0 radical (unpaired) electrons. The first-order valence-corrected chi connectivity index (χ1v) is 7.36. The lowest BCUT2D eigenvalue weighted by Gasteiger charge is -2.21. The Morgan fingerprint density at radius 3 is 2.28 bits per heavy atom. The highest BCUT2D eigenvalue weighted by Crippen LogP contribution is 2.34. The van der Waals surface area contributed by atoms with Crippen molar-refractivity contribution in [1.82, 2.24) is 5.32 Å². The predicted molar refractivity (Wildman–Crippen MR) is 84.4 cm³/mol. The molecular formula is C17H16F4N2O2. The van der Waals surface area contributed by atoms with Gasteiger partial charge in [0.25, 0.3) is 0 Å². The summed E-state index contributed by atoms with van der Waals surface area (Å²) in [4.78, 5) is 11.9. The van der Waals surface area contributed by atoms with Gasteiger partial charge in [-0.25, -0.2) is 9.18 Å². The van der Waals surface area contributed by atoms with Crippen molar-refractivity contribution >= 4 is 11.7 Å². The van der Waals surface area contributed by atoms with Crippen molar-refractivity contribution in [1.29, 1.82) is 0 Å². The Kier molecular flexibility index (Phi) is 5.63. The maximum absolute atomic E-state index is 12.9. The number of aliphatic hydroxyl groups excluding tert-OH is 1. The summed E-state index contributed by atoms with van der Waals surface area (Å²) >= 11 is 0. The van der Waals surface area contributed by atoms with E-state index in [0.717, 1.165) is 24.3 Å². The van der Waals surface area contributed by atoms with Crippen LogP contribution in [0.2, 0.25) is 0 Å². The molecule has 2 rings (SSSR count). The van der Waals surface area contributed by atoms with Crippen LogP contribution in [-0.4, -0.2) is 17.2 Å². The van der Waals surface area contributed by atoms with E-state index >= 15 is 0 Å². The van der Waals surface area contributed by atoms with Gasteiger partial charge in [0.1, 0.15) is 5.82 Å². The van der Waals surface area contributed by atoms with Gasteiger partial charge in [-0.05, 0) is 36.8 Å².